The Morgan fingerprint density at radius 2 is 2.12 bits per heavy atom. The average molecular weight is 223 g/mol. The SMILES string of the molecule is CCC(CC)C(=O)NCc1ccn(CC)n1. The second-order valence-electron chi connectivity index (χ2n) is 3.89. The Morgan fingerprint density at radius 3 is 2.62 bits per heavy atom. The lowest BCUT2D eigenvalue weighted by atomic mass is 10.0. The number of hydrogen-bond acceptors (Lipinski definition) is 2. The molecule has 0 saturated carbocycles. The average Bonchev–Trinajstić information content (AvgIpc) is 2.76. The first-order valence-electron chi connectivity index (χ1n) is 6.01. The quantitative estimate of drug-likeness (QED) is 0.801. The van der Waals surface area contributed by atoms with E-state index in [0.29, 0.717) is 6.54 Å². The predicted molar refractivity (Wildman–Crippen MR) is 63.8 cm³/mol. The third-order valence-corrected chi connectivity index (χ3v) is 2.82. The molecule has 1 amide bonds. The molecular formula is C12H21N3O. The van der Waals surface area contributed by atoms with Gasteiger partial charge in [0.25, 0.3) is 0 Å². The molecule has 4 nitrogen and oxygen atoms in total. The molecule has 0 aliphatic rings. The molecule has 1 aromatic rings. The van der Waals surface area contributed by atoms with Gasteiger partial charge < -0.3 is 5.32 Å². The van der Waals surface area contributed by atoms with E-state index in [2.05, 4.69) is 10.4 Å². The molecule has 0 fully saturated rings. The van der Waals surface area contributed by atoms with Crippen LogP contribution in [0.5, 0.6) is 0 Å². The lowest BCUT2D eigenvalue weighted by molar-refractivity contribution is -0.125. The minimum Gasteiger partial charge on any atom is -0.350 e. The van der Waals surface area contributed by atoms with Crippen molar-refractivity contribution in [2.45, 2.75) is 46.7 Å². The summed E-state index contributed by atoms with van der Waals surface area (Å²) in [7, 11) is 0. The summed E-state index contributed by atoms with van der Waals surface area (Å²) < 4.78 is 1.86. The Kier molecular flexibility index (Phi) is 5.02. The van der Waals surface area contributed by atoms with E-state index in [-0.39, 0.29) is 11.8 Å². The van der Waals surface area contributed by atoms with Gasteiger partial charge in [0.05, 0.1) is 12.2 Å². The smallest absolute Gasteiger partial charge is 0.223 e. The predicted octanol–water partition coefficient (Wildman–Crippen LogP) is 1.96. The van der Waals surface area contributed by atoms with Crippen LogP contribution in [0.15, 0.2) is 12.3 Å². The van der Waals surface area contributed by atoms with Crippen LogP contribution in [0.25, 0.3) is 0 Å². The molecule has 1 aromatic heterocycles. The highest BCUT2D eigenvalue weighted by atomic mass is 16.1. The fourth-order valence-electron chi connectivity index (χ4n) is 1.66. The Labute approximate surface area is 97.0 Å². The number of nitrogens with one attached hydrogen (secondary N) is 1. The summed E-state index contributed by atoms with van der Waals surface area (Å²) >= 11 is 0. The number of amides is 1. The third kappa shape index (κ3) is 3.36. The molecule has 1 N–H and O–H groups in total. The van der Waals surface area contributed by atoms with Crippen LogP contribution >= 0.6 is 0 Å². The van der Waals surface area contributed by atoms with Crippen molar-refractivity contribution in [1.29, 1.82) is 0 Å². The largest absolute Gasteiger partial charge is 0.350 e. The first kappa shape index (κ1) is 12.7. The molecule has 90 valence electrons. The van der Waals surface area contributed by atoms with Gasteiger partial charge in [-0.1, -0.05) is 13.8 Å². The normalized spacial score (nSPS) is 10.8. The number of aromatic nitrogens is 2. The van der Waals surface area contributed by atoms with Gasteiger partial charge in [-0.05, 0) is 25.8 Å². The molecule has 0 unspecified atom stereocenters. The summed E-state index contributed by atoms with van der Waals surface area (Å²) in [5.41, 5.74) is 0.918. The first-order chi connectivity index (χ1) is 7.71. The minimum absolute atomic E-state index is 0.133. The van der Waals surface area contributed by atoms with E-state index in [4.69, 9.17) is 0 Å². The van der Waals surface area contributed by atoms with E-state index in [1.807, 2.05) is 37.7 Å². The van der Waals surface area contributed by atoms with Gasteiger partial charge in [0.1, 0.15) is 0 Å². The summed E-state index contributed by atoms with van der Waals surface area (Å²) in [6, 6.07) is 1.94. The fourth-order valence-corrected chi connectivity index (χ4v) is 1.66. The van der Waals surface area contributed by atoms with Gasteiger partial charge >= 0.3 is 0 Å². The molecule has 0 spiro atoms. The maximum atomic E-state index is 11.7. The Morgan fingerprint density at radius 1 is 1.44 bits per heavy atom. The zero-order valence-corrected chi connectivity index (χ0v) is 10.4. The maximum Gasteiger partial charge on any atom is 0.223 e. The van der Waals surface area contributed by atoms with Crippen molar-refractivity contribution in [2.24, 2.45) is 5.92 Å². The summed E-state index contributed by atoms with van der Waals surface area (Å²) in [5.74, 6) is 0.268. The summed E-state index contributed by atoms with van der Waals surface area (Å²) in [6.07, 6.45) is 3.72. The lowest BCUT2D eigenvalue weighted by Gasteiger charge is -2.11. The van der Waals surface area contributed by atoms with E-state index >= 15 is 0 Å². The monoisotopic (exact) mass is 223 g/mol. The van der Waals surface area contributed by atoms with Crippen molar-refractivity contribution in [3.05, 3.63) is 18.0 Å². The van der Waals surface area contributed by atoms with Crippen molar-refractivity contribution in [3.63, 3.8) is 0 Å². The van der Waals surface area contributed by atoms with Crippen LogP contribution in [-0.4, -0.2) is 15.7 Å². The van der Waals surface area contributed by atoms with Crippen LogP contribution in [0.1, 0.15) is 39.3 Å². The fraction of sp³-hybridized carbons (Fsp3) is 0.667. The molecule has 1 heterocycles. The third-order valence-electron chi connectivity index (χ3n) is 2.82. The highest BCUT2D eigenvalue weighted by Gasteiger charge is 2.13. The van der Waals surface area contributed by atoms with Gasteiger partial charge in [0.2, 0.25) is 5.91 Å². The standard InChI is InChI=1S/C12H21N3O/c1-4-10(5-2)12(16)13-9-11-7-8-15(6-3)14-11/h7-8,10H,4-6,9H2,1-3H3,(H,13,16). The van der Waals surface area contributed by atoms with Crippen molar-refractivity contribution < 1.29 is 4.79 Å². The summed E-state index contributed by atoms with van der Waals surface area (Å²) in [5, 5.41) is 7.24. The Bertz CT molecular complexity index is 329. The number of hydrogen-bond donors (Lipinski definition) is 1. The number of aryl methyl sites for hydroxylation is 1. The van der Waals surface area contributed by atoms with E-state index < -0.39 is 0 Å². The van der Waals surface area contributed by atoms with Gasteiger partial charge in [-0.25, -0.2) is 0 Å². The van der Waals surface area contributed by atoms with Crippen LogP contribution in [0, 0.1) is 5.92 Å². The first-order valence-corrected chi connectivity index (χ1v) is 6.01. The molecule has 0 aliphatic carbocycles. The molecule has 1 rings (SSSR count). The maximum absolute atomic E-state index is 11.7. The van der Waals surface area contributed by atoms with Crippen molar-refractivity contribution >= 4 is 5.91 Å². The zero-order valence-electron chi connectivity index (χ0n) is 10.4. The van der Waals surface area contributed by atoms with Crippen LogP contribution < -0.4 is 5.32 Å². The van der Waals surface area contributed by atoms with Crippen molar-refractivity contribution in [1.82, 2.24) is 15.1 Å². The lowest BCUT2D eigenvalue weighted by Crippen LogP contribution is -2.29. The molecular weight excluding hydrogens is 202 g/mol. The van der Waals surface area contributed by atoms with Crippen LogP contribution in [0.4, 0.5) is 0 Å². The van der Waals surface area contributed by atoms with E-state index in [1.165, 1.54) is 0 Å². The van der Waals surface area contributed by atoms with E-state index in [0.717, 1.165) is 25.1 Å². The molecule has 0 radical (unpaired) electrons. The summed E-state index contributed by atoms with van der Waals surface area (Å²) in [6.45, 7) is 7.52. The molecule has 4 heteroatoms. The van der Waals surface area contributed by atoms with Crippen LogP contribution in [0.2, 0.25) is 0 Å². The molecule has 0 bridgehead atoms. The molecule has 0 saturated heterocycles. The van der Waals surface area contributed by atoms with Gasteiger partial charge in [0, 0.05) is 18.7 Å². The minimum atomic E-state index is 0.133. The zero-order chi connectivity index (χ0) is 12.0. The number of carbonyl (C=O) groups excluding carboxylic acids is 1. The van der Waals surface area contributed by atoms with Crippen molar-refractivity contribution in [3.8, 4) is 0 Å². The molecule has 0 aromatic carbocycles. The number of nitrogens with zero attached hydrogens (tertiary/aromatic N) is 2. The highest BCUT2D eigenvalue weighted by Crippen LogP contribution is 2.07. The molecule has 16 heavy (non-hydrogen) atoms. The Hall–Kier alpha value is -1.32. The van der Waals surface area contributed by atoms with Crippen LogP contribution in [-0.2, 0) is 17.9 Å². The van der Waals surface area contributed by atoms with E-state index in [1.54, 1.807) is 0 Å². The van der Waals surface area contributed by atoms with Gasteiger partial charge in [0.15, 0.2) is 0 Å². The van der Waals surface area contributed by atoms with Crippen LogP contribution in [0.3, 0.4) is 0 Å². The topological polar surface area (TPSA) is 46.9 Å². The van der Waals surface area contributed by atoms with E-state index in [9.17, 15) is 4.79 Å². The van der Waals surface area contributed by atoms with Gasteiger partial charge in [-0.3, -0.25) is 9.48 Å². The molecule has 0 atom stereocenters. The number of rotatable bonds is 6. The molecule has 0 aliphatic heterocycles. The van der Waals surface area contributed by atoms with Gasteiger partial charge in [-0.15, -0.1) is 0 Å². The van der Waals surface area contributed by atoms with Crippen molar-refractivity contribution in [2.75, 3.05) is 0 Å². The highest BCUT2D eigenvalue weighted by molar-refractivity contribution is 5.78. The van der Waals surface area contributed by atoms with Gasteiger partial charge in [-0.2, -0.15) is 5.10 Å². The second kappa shape index (κ2) is 6.30. The number of carbonyl (C=O) groups is 1. The second-order valence-corrected chi connectivity index (χ2v) is 3.89. The Balaban J connectivity index is 2.41. The summed E-state index contributed by atoms with van der Waals surface area (Å²) in [4.78, 5) is 11.7.